The van der Waals surface area contributed by atoms with Crippen molar-refractivity contribution in [3.63, 3.8) is 0 Å². The third-order valence-electron chi connectivity index (χ3n) is 5.73. The highest BCUT2D eigenvalue weighted by Crippen LogP contribution is 2.25. The average Bonchev–Trinajstić information content (AvgIpc) is 3.36. The summed E-state index contributed by atoms with van der Waals surface area (Å²) >= 11 is 1.48. The highest BCUT2D eigenvalue weighted by molar-refractivity contribution is 7.06. The Hall–Kier alpha value is -3.89. The lowest BCUT2D eigenvalue weighted by atomic mass is 10.1. The van der Waals surface area contributed by atoms with Crippen molar-refractivity contribution in [1.29, 1.82) is 0 Å². The molecular formula is C26H27N7O2S. The lowest BCUT2D eigenvalue weighted by molar-refractivity contribution is 0.280. The van der Waals surface area contributed by atoms with E-state index in [4.69, 9.17) is 4.74 Å². The Morgan fingerprint density at radius 2 is 1.97 bits per heavy atom. The minimum absolute atomic E-state index is 0.157. The summed E-state index contributed by atoms with van der Waals surface area (Å²) in [5.74, 6) is 1.96. The smallest absolute Gasteiger partial charge is 0.267 e. The second-order valence-electron chi connectivity index (χ2n) is 8.79. The molecule has 10 heteroatoms. The molecule has 9 nitrogen and oxygen atoms in total. The van der Waals surface area contributed by atoms with Gasteiger partial charge in [0.25, 0.3) is 5.56 Å². The first kappa shape index (κ1) is 23.8. The average molecular weight is 502 g/mol. The second kappa shape index (κ2) is 10.8. The molecule has 1 aliphatic rings. The summed E-state index contributed by atoms with van der Waals surface area (Å²) in [6.07, 6.45) is 10.2. The van der Waals surface area contributed by atoms with Crippen LogP contribution in [0.15, 0.2) is 66.0 Å². The van der Waals surface area contributed by atoms with Crippen LogP contribution in [0.5, 0.6) is 5.75 Å². The van der Waals surface area contributed by atoms with Gasteiger partial charge in [-0.25, -0.2) is 19.0 Å². The largest absolute Gasteiger partial charge is 0.490 e. The van der Waals surface area contributed by atoms with Crippen molar-refractivity contribution < 1.29 is 4.74 Å². The maximum Gasteiger partial charge on any atom is 0.267 e. The third kappa shape index (κ3) is 5.67. The van der Waals surface area contributed by atoms with Gasteiger partial charge in [-0.1, -0.05) is 18.2 Å². The van der Waals surface area contributed by atoms with Crippen molar-refractivity contribution in [1.82, 2.24) is 29.0 Å². The molecule has 3 aromatic heterocycles. The molecular weight excluding hydrogens is 474 g/mol. The van der Waals surface area contributed by atoms with Gasteiger partial charge in [-0.2, -0.15) is 5.10 Å². The lowest BCUT2D eigenvalue weighted by Gasteiger charge is -2.22. The van der Waals surface area contributed by atoms with E-state index >= 15 is 0 Å². The summed E-state index contributed by atoms with van der Waals surface area (Å²) < 4.78 is 11.5. The predicted molar refractivity (Wildman–Crippen MR) is 141 cm³/mol. The number of fused-ring (bicyclic) bond motifs is 1. The number of hydrogen-bond acceptors (Lipinski definition) is 9. The van der Waals surface area contributed by atoms with Crippen molar-refractivity contribution in [2.45, 2.75) is 19.5 Å². The van der Waals surface area contributed by atoms with Crippen LogP contribution >= 0.6 is 11.5 Å². The van der Waals surface area contributed by atoms with E-state index in [1.807, 2.05) is 61.7 Å². The molecule has 0 spiro atoms. The van der Waals surface area contributed by atoms with Crippen LogP contribution in [0.25, 0.3) is 17.5 Å². The number of aromatic nitrogens is 5. The molecule has 4 heterocycles. The zero-order chi connectivity index (χ0) is 24.9. The molecule has 0 fully saturated rings. The number of nitrogens with zero attached hydrogens (tertiary/aromatic N) is 7. The van der Waals surface area contributed by atoms with E-state index in [2.05, 4.69) is 24.3 Å². The molecule has 1 aliphatic heterocycles. The van der Waals surface area contributed by atoms with E-state index in [1.54, 1.807) is 24.5 Å². The van der Waals surface area contributed by atoms with Crippen molar-refractivity contribution in [3.05, 3.63) is 87.5 Å². The van der Waals surface area contributed by atoms with E-state index in [0.29, 0.717) is 37.1 Å². The molecule has 0 saturated carbocycles. The number of rotatable bonds is 9. The maximum atomic E-state index is 12.6. The van der Waals surface area contributed by atoms with Gasteiger partial charge in [0.05, 0.1) is 37.0 Å². The van der Waals surface area contributed by atoms with Gasteiger partial charge < -0.3 is 14.5 Å². The first-order valence-electron chi connectivity index (χ1n) is 11.7. The zero-order valence-electron chi connectivity index (χ0n) is 20.2. The second-order valence-corrected chi connectivity index (χ2v) is 9.63. The molecule has 0 bridgehead atoms. The molecule has 0 amide bonds. The summed E-state index contributed by atoms with van der Waals surface area (Å²) in [4.78, 5) is 26.8. The number of ether oxygens (including phenoxy) is 1. The Kier molecular flexibility index (Phi) is 7.15. The van der Waals surface area contributed by atoms with Gasteiger partial charge in [-0.05, 0) is 55.8 Å². The number of benzene rings is 1. The van der Waals surface area contributed by atoms with Crippen molar-refractivity contribution >= 4 is 23.4 Å². The van der Waals surface area contributed by atoms with E-state index in [9.17, 15) is 4.79 Å². The Morgan fingerprint density at radius 3 is 2.81 bits per heavy atom. The van der Waals surface area contributed by atoms with Gasteiger partial charge in [-0.3, -0.25) is 4.79 Å². The van der Waals surface area contributed by atoms with Crippen LogP contribution in [0.3, 0.4) is 0 Å². The van der Waals surface area contributed by atoms with Gasteiger partial charge in [0.1, 0.15) is 0 Å². The fourth-order valence-electron chi connectivity index (χ4n) is 3.87. The third-order valence-corrected chi connectivity index (χ3v) is 6.54. The van der Waals surface area contributed by atoms with Crippen LogP contribution in [0.1, 0.15) is 22.4 Å². The molecule has 36 heavy (non-hydrogen) atoms. The molecule has 5 rings (SSSR count). The molecule has 0 atom stereocenters. The maximum absolute atomic E-state index is 12.6. The van der Waals surface area contributed by atoms with Crippen LogP contribution < -0.4 is 15.2 Å². The first-order chi connectivity index (χ1) is 17.5. The van der Waals surface area contributed by atoms with Crippen molar-refractivity contribution in [3.8, 4) is 17.1 Å². The van der Waals surface area contributed by atoms with Crippen molar-refractivity contribution in [2.24, 2.45) is 0 Å². The van der Waals surface area contributed by atoms with Crippen LogP contribution in [0.4, 0.5) is 5.82 Å². The van der Waals surface area contributed by atoms with E-state index in [0.717, 1.165) is 34.5 Å². The molecule has 4 aromatic rings. The summed E-state index contributed by atoms with van der Waals surface area (Å²) in [6, 6.07) is 11.2. The van der Waals surface area contributed by atoms with Crippen LogP contribution in [-0.2, 0) is 13.1 Å². The van der Waals surface area contributed by atoms with Crippen LogP contribution in [0.2, 0.25) is 0 Å². The van der Waals surface area contributed by atoms with E-state index in [-0.39, 0.29) is 5.56 Å². The molecule has 1 aromatic carbocycles. The minimum atomic E-state index is -0.157. The lowest BCUT2D eigenvalue weighted by Crippen LogP contribution is -2.27. The van der Waals surface area contributed by atoms with Gasteiger partial charge in [0.2, 0.25) is 0 Å². The monoisotopic (exact) mass is 501 g/mol. The Labute approximate surface area is 213 Å². The van der Waals surface area contributed by atoms with E-state index < -0.39 is 0 Å². The molecule has 184 valence electrons. The number of anilines is 1. The van der Waals surface area contributed by atoms with Crippen LogP contribution in [-0.4, -0.2) is 56.3 Å². The molecule has 0 radical (unpaired) electrons. The van der Waals surface area contributed by atoms with Crippen molar-refractivity contribution in [2.75, 3.05) is 32.1 Å². The molecule has 0 aliphatic carbocycles. The fraction of sp³-hybridized carbons (Fsp3) is 0.269. The Morgan fingerprint density at radius 1 is 1.11 bits per heavy atom. The first-order valence-corrected chi connectivity index (χ1v) is 12.5. The summed E-state index contributed by atoms with van der Waals surface area (Å²) in [7, 11) is 4.08. The Bertz CT molecular complexity index is 1410. The normalized spacial score (nSPS) is 12.7. The zero-order valence-corrected chi connectivity index (χ0v) is 21.1. The summed E-state index contributed by atoms with van der Waals surface area (Å²) in [5.41, 5.74) is 2.80. The SMILES string of the molecule is CN(C)CCCOc1cnc(-c2cccc(Cn3nc(N4C=Cc5sncc5C4)ccc3=O)c2)nc1. The fourth-order valence-corrected chi connectivity index (χ4v) is 4.52. The Balaban J connectivity index is 1.28. The quantitative estimate of drug-likeness (QED) is 0.322. The predicted octanol–water partition coefficient (Wildman–Crippen LogP) is 3.53. The van der Waals surface area contributed by atoms with Crippen LogP contribution in [0, 0.1) is 0 Å². The van der Waals surface area contributed by atoms with Gasteiger partial charge in [0.15, 0.2) is 17.4 Å². The highest BCUT2D eigenvalue weighted by atomic mass is 32.1. The minimum Gasteiger partial charge on any atom is -0.490 e. The van der Waals surface area contributed by atoms with Gasteiger partial charge in [0, 0.05) is 36.1 Å². The summed E-state index contributed by atoms with van der Waals surface area (Å²) in [5, 5.41) is 4.62. The number of hydrogen-bond donors (Lipinski definition) is 0. The summed E-state index contributed by atoms with van der Waals surface area (Å²) in [6.45, 7) is 2.61. The topological polar surface area (TPSA) is 89.3 Å². The molecule has 0 unspecified atom stereocenters. The highest BCUT2D eigenvalue weighted by Gasteiger charge is 2.16. The van der Waals surface area contributed by atoms with Gasteiger partial charge >= 0.3 is 0 Å². The molecule has 0 saturated heterocycles. The van der Waals surface area contributed by atoms with E-state index in [1.165, 1.54) is 16.2 Å². The standard InChI is InChI=1S/C26H27N7O2S/c1-31(2)10-4-12-35-22-15-27-26(28-16-22)20-6-3-5-19(13-20)17-33-25(34)8-7-24(30-33)32-11-9-23-21(18-32)14-29-36-23/h3,5-9,11,13-16H,4,10,12,17-18H2,1-2H3. The van der Waals surface area contributed by atoms with Gasteiger partial charge in [-0.15, -0.1) is 0 Å². The molecule has 0 N–H and O–H groups in total.